The SMILES string of the molecule is C/C=C/c1cccc(OC(C)CN)c1. The summed E-state index contributed by atoms with van der Waals surface area (Å²) in [6, 6.07) is 7.97. The van der Waals surface area contributed by atoms with Gasteiger partial charge in [-0.15, -0.1) is 0 Å². The maximum atomic E-state index is 5.59. The van der Waals surface area contributed by atoms with Crippen LogP contribution in [0.25, 0.3) is 6.08 Å². The van der Waals surface area contributed by atoms with Gasteiger partial charge in [0.1, 0.15) is 11.9 Å². The predicted molar refractivity (Wildman–Crippen MR) is 60.3 cm³/mol. The second-order valence-corrected chi connectivity index (χ2v) is 3.24. The molecule has 0 saturated carbocycles. The van der Waals surface area contributed by atoms with Crippen molar-refractivity contribution in [2.75, 3.05) is 6.54 Å². The zero-order chi connectivity index (χ0) is 10.4. The molecule has 2 heteroatoms. The molecule has 0 aromatic heterocycles. The van der Waals surface area contributed by atoms with Gasteiger partial charge in [-0.05, 0) is 31.5 Å². The van der Waals surface area contributed by atoms with Crippen molar-refractivity contribution in [3.05, 3.63) is 35.9 Å². The van der Waals surface area contributed by atoms with E-state index in [2.05, 4.69) is 0 Å². The van der Waals surface area contributed by atoms with Gasteiger partial charge in [0.15, 0.2) is 0 Å². The van der Waals surface area contributed by atoms with Crippen molar-refractivity contribution in [2.24, 2.45) is 5.73 Å². The Morgan fingerprint density at radius 3 is 2.93 bits per heavy atom. The Bertz CT molecular complexity index is 307. The Balaban J connectivity index is 2.73. The third kappa shape index (κ3) is 3.23. The average Bonchev–Trinajstić information content (AvgIpc) is 2.19. The lowest BCUT2D eigenvalue weighted by Gasteiger charge is -2.12. The summed E-state index contributed by atoms with van der Waals surface area (Å²) in [5.74, 6) is 0.874. The Morgan fingerprint density at radius 2 is 2.29 bits per heavy atom. The highest BCUT2D eigenvalue weighted by Gasteiger charge is 2.00. The fourth-order valence-electron chi connectivity index (χ4n) is 1.16. The minimum absolute atomic E-state index is 0.0656. The van der Waals surface area contributed by atoms with Crippen LogP contribution in [0.1, 0.15) is 19.4 Å². The summed E-state index contributed by atoms with van der Waals surface area (Å²) in [6.07, 6.45) is 4.11. The molecule has 1 aromatic rings. The van der Waals surface area contributed by atoms with Crippen LogP contribution in [-0.4, -0.2) is 12.6 Å². The standard InChI is InChI=1S/C12H17NO/c1-3-5-11-6-4-7-12(8-11)14-10(2)9-13/h3-8,10H,9,13H2,1-2H3/b5-3+. The lowest BCUT2D eigenvalue weighted by Crippen LogP contribution is -2.22. The number of nitrogens with two attached hydrogens (primary N) is 1. The summed E-state index contributed by atoms with van der Waals surface area (Å²) in [5.41, 5.74) is 6.63. The van der Waals surface area contributed by atoms with Crippen LogP contribution < -0.4 is 10.5 Å². The average molecular weight is 191 g/mol. The summed E-state index contributed by atoms with van der Waals surface area (Å²) < 4.78 is 5.59. The normalized spacial score (nSPS) is 13.1. The first-order valence-corrected chi connectivity index (χ1v) is 4.85. The Labute approximate surface area is 85.4 Å². The largest absolute Gasteiger partial charge is 0.489 e. The van der Waals surface area contributed by atoms with E-state index in [9.17, 15) is 0 Å². The van der Waals surface area contributed by atoms with Crippen molar-refractivity contribution >= 4 is 6.08 Å². The number of rotatable bonds is 4. The molecule has 0 fully saturated rings. The molecule has 1 rings (SSSR count). The topological polar surface area (TPSA) is 35.2 Å². The van der Waals surface area contributed by atoms with Gasteiger partial charge in [-0.1, -0.05) is 24.3 Å². The van der Waals surface area contributed by atoms with Gasteiger partial charge in [0.25, 0.3) is 0 Å². The molecule has 0 heterocycles. The van der Waals surface area contributed by atoms with Gasteiger partial charge in [0, 0.05) is 6.54 Å². The third-order valence-corrected chi connectivity index (χ3v) is 1.89. The quantitative estimate of drug-likeness (QED) is 0.793. The second-order valence-electron chi connectivity index (χ2n) is 3.24. The maximum absolute atomic E-state index is 5.59. The summed E-state index contributed by atoms with van der Waals surface area (Å²) >= 11 is 0. The first-order chi connectivity index (χ1) is 6.76. The maximum Gasteiger partial charge on any atom is 0.120 e. The van der Waals surface area contributed by atoms with Crippen molar-refractivity contribution in [3.63, 3.8) is 0 Å². The van der Waals surface area contributed by atoms with E-state index in [0.29, 0.717) is 6.54 Å². The zero-order valence-electron chi connectivity index (χ0n) is 8.73. The Morgan fingerprint density at radius 1 is 1.50 bits per heavy atom. The van der Waals surface area contributed by atoms with E-state index in [1.165, 1.54) is 0 Å². The van der Waals surface area contributed by atoms with Crippen LogP contribution in [0.4, 0.5) is 0 Å². The number of hydrogen-bond acceptors (Lipinski definition) is 2. The molecular formula is C12H17NO. The van der Waals surface area contributed by atoms with Gasteiger partial charge in [-0.2, -0.15) is 0 Å². The lowest BCUT2D eigenvalue weighted by atomic mass is 10.2. The molecule has 2 nitrogen and oxygen atoms in total. The highest BCUT2D eigenvalue weighted by atomic mass is 16.5. The van der Waals surface area contributed by atoms with E-state index in [1.54, 1.807) is 0 Å². The number of benzene rings is 1. The minimum Gasteiger partial charge on any atom is -0.489 e. The predicted octanol–water partition coefficient (Wildman–Crippen LogP) is 2.45. The Hall–Kier alpha value is -1.28. The fraction of sp³-hybridized carbons (Fsp3) is 0.333. The molecule has 0 aliphatic carbocycles. The van der Waals surface area contributed by atoms with Crippen molar-refractivity contribution in [1.29, 1.82) is 0 Å². The molecular weight excluding hydrogens is 174 g/mol. The molecule has 0 saturated heterocycles. The molecule has 0 aliphatic rings. The van der Waals surface area contributed by atoms with Gasteiger partial charge in [0.05, 0.1) is 0 Å². The monoisotopic (exact) mass is 191 g/mol. The van der Waals surface area contributed by atoms with Crippen LogP contribution in [0, 0.1) is 0 Å². The molecule has 0 spiro atoms. The smallest absolute Gasteiger partial charge is 0.120 e. The molecule has 1 unspecified atom stereocenters. The van der Waals surface area contributed by atoms with Crippen LogP contribution >= 0.6 is 0 Å². The highest BCUT2D eigenvalue weighted by Crippen LogP contribution is 2.15. The lowest BCUT2D eigenvalue weighted by molar-refractivity contribution is 0.230. The fourth-order valence-corrected chi connectivity index (χ4v) is 1.16. The second kappa shape index (κ2) is 5.45. The summed E-state index contributed by atoms with van der Waals surface area (Å²) in [7, 11) is 0. The number of ether oxygens (including phenoxy) is 1. The molecule has 1 aromatic carbocycles. The van der Waals surface area contributed by atoms with Crippen molar-refractivity contribution in [2.45, 2.75) is 20.0 Å². The van der Waals surface area contributed by atoms with E-state index in [0.717, 1.165) is 11.3 Å². The molecule has 0 radical (unpaired) electrons. The summed E-state index contributed by atoms with van der Waals surface area (Å²) in [6.45, 7) is 4.49. The van der Waals surface area contributed by atoms with Gasteiger partial charge >= 0.3 is 0 Å². The van der Waals surface area contributed by atoms with Crippen LogP contribution in [-0.2, 0) is 0 Å². The van der Waals surface area contributed by atoms with Gasteiger partial charge in [0.2, 0.25) is 0 Å². The first-order valence-electron chi connectivity index (χ1n) is 4.85. The molecule has 14 heavy (non-hydrogen) atoms. The van der Waals surface area contributed by atoms with E-state index in [-0.39, 0.29) is 6.10 Å². The molecule has 2 N–H and O–H groups in total. The van der Waals surface area contributed by atoms with Gasteiger partial charge < -0.3 is 10.5 Å². The van der Waals surface area contributed by atoms with E-state index in [4.69, 9.17) is 10.5 Å². The van der Waals surface area contributed by atoms with Crippen LogP contribution in [0.5, 0.6) is 5.75 Å². The van der Waals surface area contributed by atoms with Gasteiger partial charge in [-0.3, -0.25) is 0 Å². The van der Waals surface area contributed by atoms with Crippen LogP contribution in [0.2, 0.25) is 0 Å². The molecule has 76 valence electrons. The van der Waals surface area contributed by atoms with Crippen molar-refractivity contribution in [3.8, 4) is 5.75 Å². The molecule has 0 amide bonds. The van der Waals surface area contributed by atoms with Crippen LogP contribution in [0.3, 0.4) is 0 Å². The summed E-state index contributed by atoms with van der Waals surface area (Å²) in [5, 5.41) is 0. The number of allylic oxidation sites excluding steroid dienone is 1. The van der Waals surface area contributed by atoms with E-state index in [1.807, 2.05) is 50.3 Å². The molecule has 0 bridgehead atoms. The zero-order valence-corrected chi connectivity index (χ0v) is 8.73. The van der Waals surface area contributed by atoms with E-state index < -0.39 is 0 Å². The Kier molecular flexibility index (Phi) is 4.20. The minimum atomic E-state index is 0.0656. The first kappa shape index (κ1) is 10.8. The third-order valence-electron chi connectivity index (χ3n) is 1.89. The highest BCUT2D eigenvalue weighted by molar-refractivity contribution is 5.51. The molecule has 1 atom stereocenters. The van der Waals surface area contributed by atoms with Gasteiger partial charge in [-0.25, -0.2) is 0 Å². The molecule has 0 aliphatic heterocycles. The summed E-state index contributed by atoms with van der Waals surface area (Å²) in [4.78, 5) is 0. The van der Waals surface area contributed by atoms with E-state index >= 15 is 0 Å². The van der Waals surface area contributed by atoms with Crippen molar-refractivity contribution in [1.82, 2.24) is 0 Å². The van der Waals surface area contributed by atoms with Crippen LogP contribution in [0.15, 0.2) is 30.3 Å². The number of hydrogen-bond donors (Lipinski definition) is 1. The van der Waals surface area contributed by atoms with Crippen molar-refractivity contribution < 1.29 is 4.74 Å².